The Labute approximate surface area is 209 Å². The Hall–Kier alpha value is -3.73. The molecule has 2 aromatic carbocycles. The lowest BCUT2D eigenvalue weighted by Gasteiger charge is -2.19. The van der Waals surface area contributed by atoms with Gasteiger partial charge in [0.15, 0.2) is 0 Å². The van der Waals surface area contributed by atoms with Gasteiger partial charge in [0.2, 0.25) is 11.9 Å². The number of aliphatic imine (C=N–C) groups is 2. The lowest BCUT2D eigenvalue weighted by atomic mass is 10.2. The highest BCUT2D eigenvalue weighted by Crippen LogP contribution is 2.30. The molecule has 0 saturated heterocycles. The first-order valence-electron chi connectivity index (χ1n) is 10.7. The van der Waals surface area contributed by atoms with E-state index >= 15 is 0 Å². The zero-order chi connectivity index (χ0) is 26.2. The number of alkyl carbamates (subject to hydrolysis) is 2. The highest BCUT2D eigenvalue weighted by molar-refractivity contribution is 7.99. The van der Waals surface area contributed by atoms with Crippen LogP contribution in [0.25, 0.3) is 0 Å². The van der Waals surface area contributed by atoms with Gasteiger partial charge in [-0.15, -0.1) is 0 Å². The maximum Gasteiger partial charge on any atom is 0.414 e. The van der Waals surface area contributed by atoms with Gasteiger partial charge in [0, 0.05) is 9.79 Å². The van der Waals surface area contributed by atoms with E-state index < -0.39 is 23.4 Å². The number of carbonyl (C=O) groups is 2. The van der Waals surface area contributed by atoms with Crippen LogP contribution in [-0.2, 0) is 9.47 Å². The number of benzene rings is 2. The Bertz CT molecular complexity index is 997. The second-order valence-corrected chi connectivity index (χ2v) is 10.5. The minimum Gasteiger partial charge on any atom is -0.444 e. The fourth-order valence-electron chi connectivity index (χ4n) is 2.46. The summed E-state index contributed by atoms with van der Waals surface area (Å²) >= 11 is 1.54. The van der Waals surface area contributed by atoms with Crippen LogP contribution in [0.15, 0.2) is 68.3 Å². The molecule has 0 saturated carbocycles. The number of hydrogen-bond donors (Lipinski definition) is 4. The number of nitrogens with zero attached hydrogens (tertiary/aromatic N) is 2. The van der Waals surface area contributed by atoms with Gasteiger partial charge in [0.05, 0.1) is 11.4 Å². The number of ether oxygens (including phenoxy) is 2. The number of carbonyl (C=O) groups excluding carboxylic acids is 2. The highest BCUT2D eigenvalue weighted by atomic mass is 32.2. The van der Waals surface area contributed by atoms with Crippen LogP contribution in [0.3, 0.4) is 0 Å². The lowest BCUT2D eigenvalue weighted by molar-refractivity contribution is 0.0550. The van der Waals surface area contributed by atoms with E-state index in [1.807, 2.05) is 24.3 Å². The molecule has 0 atom stereocenters. The summed E-state index contributed by atoms with van der Waals surface area (Å²) < 4.78 is 10.3. The SMILES string of the molecule is CC(C)(C)OC(=O)NC(N)=Nc1ccc(Sc2ccc(N=C(N)NC(=O)OC(C)(C)C)cc2)cc1. The van der Waals surface area contributed by atoms with Gasteiger partial charge in [0.1, 0.15) is 11.2 Å². The van der Waals surface area contributed by atoms with Gasteiger partial charge < -0.3 is 20.9 Å². The van der Waals surface area contributed by atoms with E-state index in [2.05, 4.69) is 20.6 Å². The van der Waals surface area contributed by atoms with Crippen molar-refractivity contribution in [3.05, 3.63) is 48.5 Å². The van der Waals surface area contributed by atoms with Crippen LogP contribution in [0.4, 0.5) is 21.0 Å². The molecule has 0 spiro atoms. The predicted octanol–water partition coefficient (Wildman–Crippen LogP) is 4.78. The molecule has 0 aliphatic rings. The Morgan fingerprint density at radius 3 is 1.29 bits per heavy atom. The standard InChI is InChI=1S/C24H32N6O4S/c1-23(2,3)33-21(31)29-19(25)27-15-7-11-17(12-8-15)35-18-13-9-16(10-14-18)28-20(26)30-22(32)34-24(4,5)6/h7-14H,1-6H3,(H3,25,27,29,31)(H3,26,28,30,32). The van der Waals surface area contributed by atoms with Gasteiger partial charge in [-0.2, -0.15) is 0 Å². The van der Waals surface area contributed by atoms with Crippen molar-refractivity contribution < 1.29 is 19.1 Å². The molecule has 10 nitrogen and oxygen atoms in total. The molecule has 2 amide bonds. The van der Waals surface area contributed by atoms with Crippen LogP contribution in [0.2, 0.25) is 0 Å². The number of rotatable bonds is 4. The number of guanidine groups is 2. The smallest absolute Gasteiger partial charge is 0.414 e. The molecule has 0 aliphatic carbocycles. The molecule has 11 heteroatoms. The zero-order valence-electron chi connectivity index (χ0n) is 20.7. The van der Waals surface area contributed by atoms with E-state index in [1.165, 1.54) is 11.8 Å². The average Bonchev–Trinajstić information content (AvgIpc) is 2.67. The molecular formula is C24H32N6O4S. The molecule has 0 bridgehead atoms. The van der Waals surface area contributed by atoms with Crippen molar-refractivity contribution in [1.29, 1.82) is 0 Å². The Balaban J connectivity index is 1.93. The number of nitrogens with two attached hydrogens (primary N) is 2. The fourth-order valence-corrected chi connectivity index (χ4v) is 3.28. The van der Waals surface area contributed by atoms with Gasteiger partial charge in [-0.1, -0.05) is 11.8 Å². The van der Waals surface area contributed by atoms with Gasteiger partial charge in [0.25, 0.3) is 0 Å². The lowest BCUT2D eigenvalue weighted by Crippen LogP contribution is -2.40. The maximum atomic E-state index is 11.8. The van der Waals surface area contributed by atoms with Gasteiger partial charge in [-0.25, -0.2) is 19.6 Å². The van der Waals surface area contributed by atoms with Crippen molar-refractivity contribution >= 4 is 47.2 Å². The molecule has 0 heterocycles. The molecule has 2 rings (SSSR count). The molecular weight excluding hydrogens is 468 g/mol. The maximum absolute atomic E-state index is 11.8. The number of nitrogens with one attached hydrogen (secondary N) is 2. The zero-order valence-corrected chi connectivity index (χ0v) is 21.5. The minimum atomic E-state index is -0.666. The summed E-state index contributed by atoms with van der Waals surface area (Å²) in [6.45, 7) is 10.6. The van der Waals surface area contributed by atoms with Crippen molar-refractivity contribution in [2.24, 2.45) is 21.5 Å². The first-order valence-corrected chi connectivity index (χ1v) is 11.6. The molecule has 0 radical (unpaired) electrons. The number of hydrogen-bond acceptors (Lipinski definition) is 7. The van der Waals surface area contributed by atoms with Crippen molar-refractivity contribution in [1.82, 2.24) is 10.6 Å². The Kier molecular flexibility index (Phi) is 9.12. The Morgan fingerprint density at radius 2 is 1.00 bits per heavy atom. The normalized spacial score (nSPS) is 12.6. The largest absolute Gasteiger partial charge is 0.444 e. The molecule has 2 aromatic rings. The predicted molar refractivity (Wildman–Crippen MR) is 138 cm³/mol. The topological polar surface area (TPSA) is 153 Å². The van der Waals surface area contributed by atoms with E-state index in [0.717, 1.165) is 9.79 Å². The van der Waals surface area contributed by atoms with Crippen molar-refractivity contribution in [2.75, 3.05) is 0 Å². The summed E-state index contributed by atoms with van der Waals surface area (Å²) in [6.07, 6.45) is -1.33. The summed E-state index contributed by atoms with van der Waals surface area (Å²) in [4.78, 5) is 33.8. The summed E-state index contributed by atoms with van der Waals surface area (Å²) in [6, 6.07) is 14.7. The molecule has 188 valence electrons. The summed E-state index contributed by atoms with van der Waals surface area (Å²) in [5, 5.41) is 4.78. The molecule has 0 aliphatic heterocycles. The first-order chi connectivity index (χ1) is 16.2. The van der Waals surface area contributed by atoms with Crippen molar-refractivity contribution in [3.8, 4) is 0 Å². The van der Waals surface area contributed by atoms with Crippen molar-refractivity contribution in [2.45, 2.75) is 62.5 Å². The van der Waals surface area contributed by atoms with E-state index in [9.17, 15) is 9.59 Å². The molecule has 0 aromatic heterocycles. The molecule has 6 N–H and O–H groups in total. The monoisotopic (exact) mass is 500 g/mol. The van der Waals surface area contributed by atoms with Gasteiger partial charge >= 0.3 is 12.2 Å². The summed E-state index contributed by atoms with van der Waals surface area (Å²) in [7, 11) is 0. The average molecular weight is 501 g/mol. The highest BCUT2D eigenvalue weighted by Gasteiger charge is 2.17. The van der Waals surface area contributed by atoms with Gasteiger partial charge in [-0.05, 0) is 90.1 Å². The third-order valence-electron chi connectivity index (χ3n) is 3.67. The minimum absolute atomic E-state index is 0.0590. The van der Waals surface area contributed by atoms with Crippen LogP contribution in [0.1, 0.15) is 41.5 Å². The van der Waals surface area contributed by atoms with Crippen molar-refractivity contribution in [3.63, 3.8) is 0 Å². The fraction of sp³-hybridized carbons (Fsp3) is 0.333. The summed E-state index contributed by atoms with van der Waals surface area (Å²) in [5.41, 5.74) is 11.5. The van der Waals surface area contributed by atoms with Crippen LogP contribution < -0.4 is 22.1 Å². The molecule has 35 heavy (non-hydrogen) atoms. The third kappa shape index (κ3) is 11.3. The van der Waals surface area contributed by atoms with Gasteiger partial charge in [-0.3, -0.25) is 10.6 Å². The quantitative estimate of drug-likeness (QED) is 0.348. The van der Waals surface area contributed by atoms with E-state index in [-0.39, 0.29) is 11.9 Å². The molecule has 0 fully saturated rings. The van der Waals surface area contributed by atoms with E-state index in [1.54, 1.807) is 65.8 Å². The second-order valence-electron chi connectivity index (χ2n) is 9.34. The summed E-state index contributed by atoms with van der Waals surface area (Å²) in [5.74, 6) is -0.118. The van der Waals surface area contributed by atoms with Crippen LogP contribution in [-0.4, -0.2) is 35.3 Å². The Morgan fingerprint density at radius 1 is 0.686 bits per heavy atom. The van der Waals surface area contributed by atoms with Crippen LogP contribution in [0.5, 0.6) is 0 Å². The number of amides is 2. The van der Waals surface area contributed by atoms with E-state index in [4.69, 9.17) is 20.9 Å². The van der Waals surface area contributed by atoms with Crippen LogP contribution in [0, 0.1) is 0 Å². The first kappa shape index (κ1) is 27.5. The van der Waals surface area contributed by atoms with E-state index in [0.29, 0.717) is 11.4 Å². The molecule has 0 unspecified atom stereocenters. The third-order valence-corrected chi connectivity index (χ3v) is 4.68. The van der Waals surface area contributed by atoms with Crippen LogP contribution >= 0.6 is 11.8 Å². The second kappa shape index (κ2) is 11.6.